The van der Waals surface area contributed by atoms with Gasteiger partial charge < -0.3 is 28.8 Å². The number of methoxy groups -OCH3 is 1. The Balaban J connectivity index is 1.10. The van der Waals surface area contributed by atoms with Gasteiger partial charge in [-0.15, -0.1) is 0 Å². The fraction of sp³-hybridized carbons (Fsp3) is 0.286. The van der Waals surface area contributed by atoms with Crippen LogP contribution in [-0.2, 0) is 22.7 Å². The van der Waals surface area contributed by atoms with Gasteiger partial charge in [-0.3, -0.25) is 0 Å². The molecule has 1 aromatic heterocycles. The molecule has 0 spiro atoms. The normalized spacial score (nSPS) is 16.9. The summed E-state index contributed by atoms with van der Waals surface area (Å²) in [5.74, 6) is 2.62. The van der Waals surface area contributed by atoms with Gasteiger partial charge in [0.05, 0.1) is 19.3 Å². The molecular weight excluding hydrogens is 528 g/mol. The van der Waals surface area contributed by atoms with Crippen molar-refractivity contribution in [1.29, 1.82) is 0 Å². The summed E-state index contributed by atoms with van der Waals surface area (Å²) >= 11 is 0. The standard InChI is InChI=1S/C35H36N2O5/c1-38-19-20-39-35-28(12-11-25-7-5-6-10-32(25)35)23-41-34-22-36-18-17-31(34)26-13-15-29(16-14-26)40-24-30-21-33(37-42-30)27-8-3-2-4-9-27/h2-16,21,31,34,36H,17-20,22-24H2,1H3. The lowest BCUT2D eigenvalue weighted by atomic mass is 9.87. The molecule has 0 radical (unpaired) electrons. The van der Waals surface area contributed by atoms with E-state index < -0.39 is 0 Å². The number of hydrogen-bond acceptors (Lipinski definition) is 7. The number of fused-ring (bicyclic) bond motifs is 1. The highest BCUT2D eigenvalue weighted by Gasteiger charge is 2.27. The molecule has 42 heavy (non-hydrogen) atoms. The average Bonchev–Trinajstić information content (AvgIpc) is 3.53. The Bertz CT molecular complexity index is 1570. The molecule has 1 saturated heterocycles. The third-order valence-corrected chi connectivity index (χ3v) is 7.69. The monoisotopic (exact) mass is 564 g/mol. The first-order valence-electron chi connectivity index (χ1n) is 14.5. The van der Waals surface area contributed by atoms with Crippen LogP contribution in [0.4, 0.5) is 0 Å². The molecule has 4 aromatic carbocycles. The molecule has 2 unspecified atom stereocenters. The molecule has 1 aliphatic rings. The van der Waals surface area contributed by atoms with Gasteiger partial charge in [-0.1, -0.05) is 84.0 Å². The van der Waals surface area contributed by atoms with Gasteiger partial charge in [-0.2, -0.15) is 0 Å². The van der Waals surface area contributed by atoms with Crippen LogP contribution in [0.2, 0.25) is 0 Å². The number of aromatic nitrogens is 1. The molecule has 1 aliphatic heterocycles. The van der Waals surface area contributed by atoms with E-state index in [0.29, 0.717) is 32.2 Å². The summed E-state index contributed by atoms with van der Waals surface area (Å²) < 4.78 is 29.5. The topological polar surface area (TPSA) is 75.0 Å². The number of nitrogens with one attached hydrogen (secondary N) is 1. The van der Waals surface area contributed by atoms with E-state index >= 15 is 0 Å². The Hall–Kier alpha value is -4.17. The zero-order valence-corrected chi connectivity index (χ0v) is 23.8. The highest BCUT2D eigenvalue weighted by Crippen LogP contribution is 2.34. The fourth-order valence-corrected chi connectivity index (χ4v) is 5.47. The Labute approximate surface area is 246 Å². The van der Waals surface area contributed by atoms with Crippen molar-refractivity contribution in [2.45, 2.75) is 31.7 Å². The molecule has 2 atom stereocenters. The van der Waals surface area contributed by atoms with Crippen LogP contribution in [0.15, 0.2) is 102 Å². The second kappa shape index (κ2) is 13.7. The molecule has 7 heteroatoms. The Morgan fingerprint density at radius 2 is 1.69 bits per heavy atom. The molecule has 6 rings (SSSR count). The van der Waals surface area contributed by atoms with Crippen molar-refractivity contribution in [2.24, 2.45) is 0 Å². The SMILES string of the molecule is COCCOc1c(COC2CNCCC2c2ccc(OCc3cc(-c4ccccc4)no3)cc2)ccc2ccccc12. The predicted octanol–water partition coefficient (Wildman–Crippen LogP) is 6.76. The Morgan fingerprint density at radius 1 is 0.857 bits per heavy atom. The van der Waals surface area contributed by atoms with Crippen LogP contribution < -0.4 is 14.8 Å². The second-order valence-electron chi connectivity index (χ2n) is 10.5. The molecule has 0 amide bonds. The van der Waals surface area contributed by atoms with E-state index in [1.807, 2.05) is 60.7 Å². The number of benzene rings is 4. The van der Waals surface area contributed by atoms with E-state index in [1.165, 1.54) is 5.56 Å². The highest BCUT2D eigenvalue weighted by atomic mass is 16.5. The zero-order chi connectivity index (χ0) is 28.6. The summed E-state index contributed by atoms with van der Waals surface area (Å²) in [6.07, 6.45) is 1.04. The van der Waals surface area contributed by atoms with Crippen LogP contribution in [0.1, 0.15) is 29.2 Å². The molecule has 2 heterocycles. The molecule has 1 N–H and O–H groups in total. The van der Waals surface area contributed by atoms with Gasteiger partial charge in [0.2, 0.25) is 0 Å². The van der Waals surface area contributed by atoms with Crippen molar-refractivity contribution in [3.05, 3.63) is 114 Å². The second-order valence-corrected chi connectivity index (χ2v) is 10.5. The summed E-state index contributed by atoms with van der Waals surface area (Å²) in [6.45, 7) is 3.57. The van der Waals surface area contributed by atoms with Crippen molar-refractivity contribution in [3.63, 3.8) is 0 Å². The first-order chi connectivity index (χ1) is 20.8. The zero-order valence-electron chi connectivity index (χ0n) is 23.8. The van der Waals surface area contributed by atoms with Gasteiger partial charge in [0.15, 0.2) is 5.76 Å². The smallest absolute Gasteiger partial charge is 0.174 e. The Kier molecular flexibility index (Phi) is 9.10. The van der Waals surface area contributed by atoms with E-state index in [0.717, 1.165) is 58.6 Å². The van der Waals surface area contributed by atoms with Gasteiger partial charge in [-0.25, -0.2) is 0 Å². The molecular formula is C35H36N2O5. The first-order valence-corrected chi connectivity index (χ1v) is 14.5. The van der Waals surface area contributed by atoms with Gasteiger partial charge in [0.25, 0.3) is 0 Å². The lowest BCUT2D eigenvalue weighted by molar-refractivity contribution is 0.00951. The van der Waals surface area contributed by atoms with Gasteiger partial charge >= 0.3 is 0 Å². The van der Waals surface area contributed by atoms with Crippen LogP contribution in [0.25, 0.3) is 22.0 Å². The maximum atomic E-state index is 6.58. The molecule has 7 nitrogen and oxygen atoms in total. The predicted molar refractivity (Wildman–Crippen MR) is 163 cm³/mol. The van der Waals surface area contributed by atoms with E-state index in [2.05, 4.69) is 46.9 Å². The lowest BCUT2D eigenvalue weighted by Crippen LogP contribution is -2.41. The van der Waals surface area contributed by atoms with Crippen LogP contribution in [0.5, 0.6) is 11.5 Å². The molecule has 0 bridgehead atoms. The number of rotatable bonds is 12. The van der Waals surface area contributed by atoms with Gasteiger partial charge in [0, 0.05) is 42.2 Å². The molecule has 5 aromatic rings. The van der Waals surface area contributed by atoms with Gasteiger partial charge in [-0.05, 0) is 36.0 Å². The summed E-state index contributed by atoms with van der Waals surface area (Å²) in [7, 11) is 1.68. The number of nitrogens with zero attached hydrogens (tertiary/aromatic N) is 1. The minimum absolute atomic E-state index is 0.0365. The maximum Gasteiger partial charge on any atom is 0.174 e. The third-order valence-electron chi connectivity index (χ3n) is 7.69. The molecule has 1 fully saturated rings. The molecule has 0 saturated carbocycles. The highest BCUT2D eigenvalue weighted by molar-refractivity contribution is 5.89. The van der Waals surface area contributed by atoms with Gasteiger partial charge in [0.1, 0.15) is 30.4 Å². The average molecular weight is 565 g/mol. The third kappa shape index (κ3) is 6.65. The van der Waals surface area contributed by atoms with Crippen LogP contribution in [0, 0.1) is 0 Å². The number of piperidine rings is 1. The van der Waals surface area contributed by atoms with Crippen LogP contribution >= 0.6 is 0 Å². The maximum absolute atomic E-state index is 6.58. The largest absolute Gasteiger partial charge is 0.490 e. The van der Waals surface area contributed by atoms with Crippen molar-refractivity contribution in [3.8, 4) is 22.8 Å². The van der Waals surface area contributed by atoms with E-state index in [4.69, 9.17) is 23.5 Å². The fourth-order valence-electron chi connectivity index (χ4n) is 5.47. The molecule has 0 aliphatic carbocycles. The summed E-state index contributed by atoms with van der Waals surface area (Å²) in [4.78, 5) is 0. The summed E-state index contributed by atoms with van der Waals surface area (Å²) in [6, 6.07) is 32.8. The van der Waals surface area contributed by atoms with Crippen molar-refractivity contribution < 1.29 is 23.5 Å². The quantitative estimate of drug-likeness (QED) is 0.168. The van der Waals surface area contributed by atoms with Crippen molar-refractivity contribution >= 4 is 10.8 Å². The lowest BCUT2D eigenvalue weighted by Gasteiger charge is -2.33. The van der Waals surface area contributed by atoms with E-state index in [9.17, 15) is 0 Å². The van der Waals surface area contributed by atoms with E-state index in [1.54, 1.807) is 7.11 Å². The van der Waals surface area contributed by atoms with E-state index in [-0.39, 0.29) is 12.0 Å². The first kappa shape index (κ1) is 28.0. The van der Waals surface area contributed by atoms with Crippen LogP contribution in [0.3, 0.4) is 0 Å². The van der Waals surface area contributed by atoms with Crippen molar-refractivity contribution in [2.75, 3.05) is 33.4 Å². The minimum atomic E-state index is 0.0365. The Morgan fingerprint density at radius 3 is 2.55 bits per heavy atom. The number of hydrogen-bond donors (Lipinski definition) is 1. The van der Waals surface area contributed by atoms with Crippen LogP contribution in [-0.4, -0.2) is 44.7 Å². The summed E-state index contributed by atoms with van der Waals surface area (Å²) in [5, 5.41) is 9.91. The number of ether oxygens (including phenoxy) is 4. The van der Waals surface area contributed by atoms with Crippen molar-refractivity contribution in [1.82, 2.24) is 10.5 Å². The molecule has 216 valence electrons. The summed E-state index contributed by atoms with van der Waals surface area (Å²) in [5.41, 5.74) is 4.11. The minimum Gasteiger partial charge on any atom is -0.490 e.